The van der Waals surface area contributed by atoms with Gasteiger partial charge in [-0.25, -0.2) is 0 Å². The molecule has 0 saturated carbocycles. The third-order valence-corrected chi connectivity index (χ3v) is 2.70. The summed E-state index contributed by atoms with van der Waals surface area (Å²) in [7, 11) is 0. The lowest BCUT2D eigenvalue weighted by Gasteiger charge is -2.31. The summed E-state index contributed by atoms with van der Waals surface area (Å²) in [6.07, 6.45) is 2.68. The molecule has 4 heteroatoms. The minimum atomic E-state index is -0.305. The number of Topliss-reactive ketones (excluding diaryl/α,β-unsaturated/α-hetero) is 1. The Bertz CT molecular complexity index is 231. The molecule has 0 aliphatic carbocycles. The molecular weight excluding hydrogens is 192 g/mol. The molecule has 1 aliphatic rings. The molecule has 1 rings (SSSR count). The minimum Gasteiger partial charge on any atom is -0.336 e. The normalized spacial score (nSPS) is 17.1. The summed E-state index contributed by atoms with van der Waals surface area (Å²) in [5.41, 5.74) is 0. The number of likely N-dealkylation sites (N-methyl/N-ethyl adjacent to an activating group) is 1. The van der Waals surface area contributed by atoms with Crippen LogP contribution >= 0.6 is 0 Å². The smallest absolute Gasteiger partial charge is 0.291 e. The number of amides is 1. The van der Waals surface area contributed by atoms with Crippen molar-refractivity contribution in [3.05, 3.63) is 0 Å². The highest BCUT2D eigenvalue weighted by molar-refractivity contribution is 6.38. The van der Waals surface area contributed by atoms with E-state index < -0.39 is 0 Å². The van der Waals surface area contributed by atoms with Crippen LogP contribution in [0, 0.1) is 0 Å². The van der Waals surface area contributed by atoms with Gasteiger partial charge in [0.05, 0.1) is 6.04 Å². The highest BCUT2D eigenvalue weighted by atomic mass is 16.2. The highest BCUT2D eigenvalue weighted by Gasteiger charge is 2.30. The van der Waals surface area contributed by atoms with Crippen molar-refractivity contribution in [1.82, 2.24) is 10.2 Å². The van der Waals surface area contributed by atoms with Crippen molar-refractivity contribution in [1.29, 1.82) is 0 Å². The fourth-order valence-corrected chi connectivity index (χ4v) is 1.69. The number of rotatable bonds is 6. The van der Waals surface area contributed by atoms with Crippen LogP contribution in [0.4, 0.5) is 0 Å². The molecular formula is C11H20N2O2. The van der Waals surface area contributed by atoms with Crippen LogP contribution in [0.1, 0.15) is 33.1 Å². The van der Waals surface area contributed by atoms with Crippen LogP contribution in [0.15, 0.2) is 0 Å². The first-order valence-electron chi connectivity index (χ1n) is 5.77. The Labute approximate surface area is 91.0 Å². The zero-order valence-corrected chi connectivity index (χ0v) is 9.58. The molecule has 0 aromatic rings. The first kappa shape index (κ1) is 12.2. The average Bonchev–Trinajstić information content (AvgIpc) is 2.13. The van der Waals surface area contributed by atoms with Gasteiger partial charge in [-0.05, 0) is 19.4 Å². The molecule has 0 bridgehead atoms. The van der Waals surface area contributed by atoms with Gasteiger partial charge in [-0.15, -0.1) is 0 Å². The van der Waals surface area contributed by atoms with Gasteiger partial charge in [-0.1, -0.05) is 20.3 Å². The summed E-state index contributed by atoms with van der Waals surface area (Å²) in [5, 5.41) is 3.07. The number of ketones is 1. The lowest BCUT2D eigenvalue weighted by molar-refractivity contribution is -0.148. The molecule has 1 N–H and O–H groups in total. The number of hydrogen-bond donors (Lipinski definition) is 1. The summed E-state index contributed by atoms with van der Waals surface area (Å²) in [6.45, 7) is 6.19. The zero-order chi connectivity index (χ0) is 11.3. The van der Waals surface area contributed by atoms with Gasteiger partial charge < -0.3 is 10.2 Å². The van der Waals surface area contributed by atoms with E-state index in [1.165, 1.54) is 0 Å². The first-order chi connectivity index (χ1) is 7.20. The largest absolute Gasteiger partial charge is 0.336 e. The van der Waals surface area contributed by atoms with E-state index in [-0.39, 0.29) is 17.7 Å². The van der Waals surface area contributed by atoms with Crippen LogP contribution in [0.3, 0.4) is 0 Å². The Morgan fingerprint density at radius 1 is 1.33 bits per heavy atom. The Morgan fingerprint density at radius 3 is 2.40 bits per heavy atom. The molecule has 0 aromatic carbocycles. The van der Waals surface area contributed by atoms with E-state index in [0.717, 1.165) is 38.9 Å². The second-order valence-corrected chi connectivity index (χ2v) is 3.91. The standard InChI is InChI=1S/C11H20N2O2/c1-3-6-9(12-4-2)10(14)11(15)13-7-5-8-13/h9,12H,3-8H2,1-2H3. The van der Waals surface area contributed by atoms with Crippen LogP contribution in [0.25, 0.3) is 0 Å². The van der Waals surface area contributed by atoms with Crippen molar-refractivity contribution >= 4 is 11.7 Å². The van der Waals surface area contributed by atoms with E-state index in [4.69, 9.17) is 0 Å². The number of carbonyl (C=O) groups is 2. The molecule has 1 heterocycles. The van der Waals surface area contributed by atoms with E-state index in [1.54, 1.807) is 4.90 Å². The van der Waals surface area contributed by atoms with Crippen LogP contribution < -0.4 is 5.32 Å². The van der Waals surface area contributed by atoms with Crippen LogP contribution in [0.5, 0.6) is 0 Å². The molecule has 1 fully saturated rings. The lowest BCUT2D eigenvalue weighted by Crippen LogP contribution is -2.51. The van der Waals surface area contributed by atoms with Gasteiger partial charge in [0.15, 0.2) is 0 Å². The summed E-state index contributed by atoms with van der Waals surface area (Å²) >= 11 is 0. The summed E-state index contributed by atoms with van der Waals surface area (Å²) in [6, 6.07) is -0.284. The van der Waals surface area contributed by atoms with Gasteiger partial charge >= 0.3 is 0 Å². The van der Waals surface area contributed by atoms with Crippen LogP contribution in [-0.2, 0) is 9.59 Å². The Hall–Kier alpha value is -0.900. The number of hydrogen-bond acceptors (Lipinski definition) is 3. The zero-order valence-electron chi connectivity index (χ0n) is 9.58. The van der Waals surface area contributed by atoms with Gasteiger partial charge in [-0.2, -0.15) is 0 Å². The molecule has 0 radical (unpaired) electrons. The molecule has 1 saturated heterocycles. The maximum absolute atomic E-state index is 11.8. The van der Waals surface area contributed by atoms with E-state index in [9.17, 15) is 9.59 Å². The van der Waals surface area contributed by atoms with Crippen molar-refractivity contribution < 1.29 is 9.59 Å². The quantitative estimate of drug-likeness (QED) is 0.655. The molecule has 0 aromatic heterocycles. The van der Waals surface area contributed by atoms with E-state index in [0.29, 0.717) is 0 Å². The van der Waals surface area contributed by atoms with Gasteiger partial charge in [-0.3, -0.25) is 9.59 Å². The summed E-state index contributed by atoms with van der Waals surface area (Å²) in [5.74, 6) is -0.570. The number of likely N-dealkylation sites (tertiary alicyclic amines) is 1. The number of nitrogens with zero attached hydrogens (tertiary/aromatic N) is 1. The molecule has 15 heavy (non-hydrogen) atoms. The SMILES string of the molecule is CCCC(NCC)C(=O)C(=O)N1CCC1. The highest BCUT2D eigenvalue weighted by Crippen LogP contribution is 2.09. The van der Waals surface area contributed by atoms with Gasteiger partial charge in [0, 0.05) is 13.1 Å². The Kier molecular flexibility index (Phi) is 4.75. The molecule has 86 valence electrons. The van der Waals surface area contributed by atoms with Crippen molar-refractivity contribution in [2.24, 2.45) is 0 Å². The van der Waals surface area contributed by atoms with Crippen LogP contribution in [-0.4, -0.2) is 42.3 Å². The molecule has 0 spiro atoms. The second-order valence-electron chi connectivity index (χ2n) is 3.91. The predicted molar refractivity (Wildman–Crippen MR) is 58.6 cm³/mol. The lowest BCUT2D eigenvalue weighted by atomic mass is 10.0. The maximum Gasteiger partial charge on any atom is 0.291 e. The summed E-state index contributed by atoms with van der Waals surface area (Å²) in [4.78, 5) is 25.1. The first-order valence-corrected chi connectivity index (χ1v) is 5.77. The fourth-order valence-electron chi connectivity index (χ4n) is 1.69. The fraction of sp³-hybridized carbons (Fsp3) is 0.818. The Balaban J connectivity index is 2.49. The monoisotopic (exact) mass is 212 g/mol. The van der Waals surface area contributed by atoms with Gasteiger partial charge in [0.25, 0.3) is 5.91 Å². The minimum absolute atomic E-state index is 0.265. The van der Waals surface area contributed by atoms with Crippen molar-refractivity contribution in [2.75, 3.05) is 19.6 Å². The second kappa shape index (κ2) is 5.85. The van der Waals surface area contributed by atoms with Gasteiger partial charge in [0.2, 0.25) is 5.78 Å². The molecule has 4 nitrogen and oxygen atoms in total. The van der Waals surface area contributed by atoms with Crippen molar-refractivity contribution in [2.45, 2.75) is 39.2 Å². The number of nitrogens with one attached hydrogen (secondary N) is 1. The van der Waals surface area contributed by atoms with E-state index in [2.05, 4.69) is 5.32 Å². The topological polar surface area (TPSA) is 49.4 Å². The predicted octanol–water partition coefficient (Wildman–Crippen LogP) is 0.566. The van der Waals surface area contributed by atoms with E-state index >= 15 is 0 Å². The maximum atomic E-state index is 11.8. The molecule has 1 unspecified atom stereocenters. The van der Waals surface area contributed by atoms with Gasteiger partial charge in [0.1, 0.15) is 0 Å². The average molecular weight is 212 g/mol. The van der Waals surface area contributed by atoms with Crippen molar-refractivity contribution in [3.63, 3.8) is 0 Å². The molecule has 1 aliphatic heterocycles. The molecule has 1 amide bonds. The summed E-state index contributed by atoms with van der Waals surface area (Å²) < 4.78 is 0. The third-order valence-electron chi connectivity index (χ3n) is 2.70. The molecule has 1 atom stereocenters. The third kappa shape index (κ3) is 3.02. The van der Waals surface area contributed by atoms with Crippen molar-refractivity contribution in [3.8, 4) is 0 Å². The van der Waals surface area contributed by atoms with Crippen LogP contribution in [0.2, 0.25) is 0 Å². The Morgan fingerprint density at radius 2 is 2.00 bits per heavy atom. The number of carbonyl (C=O) groups excluding carboxylic acids is 2. The van der Waals surface area contributed by atoms with E-state index in [1.807, 2.05) is 13.8 Å².